The molecule has 1 aromatic heterocycles. The molecule has 0 unspecified atom stereocenters. The minimum absolute atomic E-state index is 0.0304. The van der Waals surface area contributed by atoms with Gasteiger partial charge in [-0.3, -0.25) is 24.4 Å². The fourth-order valence-corrected chi connectivity index (χ4v) is 3.22. The zero-order valence-electron chi connectivity index (χ0n) is 18.2. The molecule has 3 aromatic rings. The first-order valence-electron chi connectivity index (χ1n) is 10.0. The van der Waals surface area contributed by atoms with Crippen molar-refractivity contribution in [3.8, 4) is 11.4 Å². The number of carbonyl (C=O) groups excluding carboxylic acids is 2. The molecule has 0 aliphatic carbocycles. The number of nitro benzene ring substituents is 1. The van der Waals surface area contributed by atoms with Crippen LogP contribution in [-0.2, 0) is 11.8 Å². The van der Waals surface area contributed by atoms with Gasteiger partial charge in [-0.05, 0) is 31.5 Å². The van der Waals surface area contributed by atoms with E-state index in [4.69, 9.17) is 4.74 Å². The van der Waals surface area contributed by atoms with Crippen molar-refractivity contribution >= 4 is 23.3 Å². The molecule has 11 nitrogen and oxygen atoms in total. The van der Waals surface area contributed by atoms with E-state index in [2.05, 4.69) is 5.32 Å². The summed E-state index contributed by atoms with van der Waals surface area (Å²) in [5.41, 5.74) is -1.17. The number of para-hydroxylation sites is 1. The van der Waals surface area contributed by atoms with Crippen LogP contribution in [0, 0.1) is 17.0 Å². The van der Waals surface area contributed by atoms with Crippen LogP contribution in [0.3, 0.4) is 0 Å². The highest BCUT2D eigenvalue weighted by molar-refractivity contribution is 6.07. The average Bonchev–Trinajstić information content (AvgIpc) is 3.00. The van der Waals surface area contributed by atoms with Gasteiger partial charge >= 0.3 is 11.7 Å². The molecule has 0 saturated carbocycles. The van der Waals surface area contributed by atoms with Crippen molar-refractivity contribution in [2.45, 2.75) is 20.3 Å². The smallest absolute Gasteiger partial charge is 0.342 e. The van der Waals surface area contributed by atoms with Gasteiger partial charge in [-0.1, -0.05) is 25.1 Å². The molecular weight excluding hydrogens is 432 g/mol. The second-order valence-corrected chi connectivity index (χ2v) is 7.18. The van der Waals surface area contributed by atoms with Crippen molar-refractivity contribution in [2.75, 3.05) is 11.9 Å². The Hall–Kier alpha value is -4.41. The Morgan fingerprint density at radius 2 is 1.88 bits per heavy atom. The molecule has 33 heavy (non-hydrogen) atoms. The van der Waals surface area contributed by atoms with Crippen LogP contribution in [0.2, 0.25) is 0 Å². The predicted octanol–water partition coefficient (Wildman–Crippen LogP) is 2.92. The van der Waals surface area contributed by atoms with E-state index in [1.165, 1.54) is 4.68 Å². The van der Waals surface area contributed by atoms with Crippen LogP contribution in [0.15, 0.2) is 47.3 Å². The number of esters is 1. The Morgan fingerprint density at radius 1 is 1.21 bits per heavy atom. The highest BCUT2D eigenvalue weighted by Gasteiger charge is 2.27. The number of amides is 1. The van der Waals surface area contributed by atoms with Crippen molar-refractivity contribution in [3.05, 3.63) is 79.8 Å². The maximum Gasteiger partial charge on any atom is 0.342 e. The van der Waals surface area contributed by atoms with Crippen LogP contribution in [0.4, 0.5) is 11.4 Å². The van der Waals surface area contributed by atoms with E-state index in [1.54, 1.807) is 55.9 Å². The molecule has 0 saturated heterocycles. The van der Waals surface area contributed by atoms with Crippen molar-refractivity contribution in [1.29, 1.82) is 0 Å². The molecule has 2 N–H and O–H groups in total. The lowest BCUT2D eigenvalue weighted by molar-refractivity contribution is -0.385. The number of nitro groups is 1. The first-order chi connectivity index (χ1) is 15.7. The van der Waals surface area contributed by atoms with Crippen LogP contribution < -0.4 is 10.9 Å². The molecular formula is C22H22N4O7. The van der Waals surface area contributed by atoms with Crippen molar-refractivity contribution in [1.82, 2.24) is 9.36 Å². The van der Waals surface area contributed by atoms with Gasteiger partial charge < -0.3 is 15.2 Å². The van der Waals surface area contributed by atoms with Gasteiger partial charge in [0, 0.05) is 18.7 Å². The van der Waals surface area contributed by atoms with Crippen molar-refractivity contribution in [2.24, 2.45) is 7.05 Å². The molecule has 0 aliphatic rings. The zero-order valence-corrected chi connectivity index (χ0v) is 18.2. The molecule has 0 aliphatic heterocycles. The van der Waals surface area contributed by atoms with Crippen LogP contribution in [0.1, 0.15) is 39.8 Å². The van der Waals surface area contributed by atoms with E-state index in [0.717, 1.165) is 12.1 Å². The number of carbonyl (C=O) groups is 2. The quantitative estimate of drug-likeness (QED) is 0.317. The Balaban J connectivity index is 2.03. The largest absolute Gasteiger partial charge is 0.501 e. The topological polar surface area (TPSA) is 146 Å². The van der Waals surface area contributed by atoms with Gasteiger partial charge in [0.2, 0.25) is 5.75 Å². The summed E-state index contributed by atoms with van der Waals surface area (Å²) in [4.78, 5) is 48.6. The lowest BCUT2D eigenvalue weighted by atomic mass is 10.1. The van der Waals surface area contributed by atoms with E-state index >= 15 is 0 Å². The molecule has 0 atom stereocenters. The van der Waals surface area contributed by atoms with Crippen molar-refractivity contribution < 1.29 is 24.4 Å². The maximum atomic E-state index is 13.0. The van der Waals surface area contributed by atoms with Gasteiger partial charge in [0.15, 0.2) is 0 Å². The number of phenolic OH excluding ortho intramolecular Hbond substituents is 1. The number of anilines is 1. The second kappa shape index (κ2) is 9.39. The molecule has 0 bridgehead atoms. The molecule has 1 amide bonds. The maximum absolute atomic E-state index is 13.0. The summed E-state index contributed by atoms with van der Waals surface area (Å²) in [7, 11) is 1.65. The number of hydrogen-bond acceptors (Lipinski definition) is 7. The van der Waals surface area contributed by atoms with E-state index in [9.17, 15) is 29.6 Å². The number of nitrogens with one attached hydrogen (secondary N) is 1. The summed E-state index contributed by atoms with van der Waals surface area (Å²) in [6.45, 7) is 3.41. The third kappa shape index (κ3) is 4.47. The first-order valence-corrected chi connectivity index (χ1v) is 10.0. The molecule has 0 spiro atoms. The van der Waals surface area contributed by atoms with E-state index in [1.807, 2.05) is 0 Å². The molecule has 0 radical (unpaired) electrons. The summed E-state index contributed by atoms with van der Waals surface area (Å²) in [6, 6.07) is 10.6. The summed E-state index contributed by atoms with van der Waals surface area (Å²) >= 11 is 0. The first kappa shape index (κ1) is 23.3. The van der Waals surface area contributed by atoms with E-state index < -0.39 is 39.4 Å². The number of phenols is 1. The Labute approximate surface area is 188 Å². The SMILES string of the molecule is CCCOC(=O)c1cc(C(=O)Nc2c(C)n(C)n(-c3ccccc3)c2=O)cc([N+](=O)[O-])c1O. The molecule has 3 rings (SSSR count). The van der Waals surface area contributed by atoms with Gasteiger partial charge in [0.25, 0.3) is 11.5 Å². The monoisotopic (exact) mass is 454 g/mol. The Kier molecular flexibility index (Phi) is 6.61. The molecule has 0 fully saturated rings. The normalized spacial score (nSPS) is 10.6. The highest BCUT2D eigenvalue weighted by atomic mass is 16.6. The predicted molar refractivity (Wildman–Crippen MR) is 119 cm³/mol. The number of aromatic hydroxyl groups is 1. The summed E-state index contributed by atoms with van der Waals surface area (Å²) in [5.74, 6) is -2.77. The van der Waals surface area contributed by atoms with Crippen molar-refractivity contribution in [3.63, 3.8) is 0 Å². The lowest BCUT2D eigenvalue weighted by Gasteiger charge is -2.09. The van der Waals surface area contributed by atoms with E-state index in [0.29, 0.717) is 17.8 Å². The molecule has 1 heterocycles. The number of nitrogens with zero attached hydrogens (tertiary/aromatic N) is 3. The molecule has 11 heteroatoms. The number of aromatic nitrogens is 2. The number of ether oxygens (including phenoxy) is 1. The lowest BCUT2D eigenvalue weighted by Crippen LogP contribution is -2.23. The van der Waals surface area contributed by atoms with Crippen LogP contribution >= 0.6 is 0 Å². The van der Waals surface area contributed by atoms with Crippen LogP contribution in [-0.4, -0.2) is 37.9 Å². The highest BCUT2D eigenvalue weighted by Crippen LogP contribution is 2.32. The minimum atomic E-state index is -1.01. The van der Waals surface area contributed by atoms with Gasteiger partial charge in [-0.25, -0.2) is 9.48 Å². The zero-order chi connectivity index (χ0) is 24.3. The van der Waals surface area contributed by atoms with Gasteiger partial charge in [-0.15, -0.1) is 0 Å². The fraction of sp³-hybridized carbons (Fsp3) is 0.227. The Bertz CT molecular complexity index is 1290. The third-order valence-electron chi connectivity index (χ3n) is 5.00. The van der Waals surface area contributed by atoms with E-state index in [-0.39, 0.29) is 17.9 Å². The van der Waals surface area contributed by atoms with Gasteiger partial charge in [0.1, 0.15) is 11.3 Å². The van der Waals surface area contributed by atoms with Crippen LogP contribution in [0.5, 0.6) is 5.75 Å². The van der Waals surface area contributed by atoms with Crippen LogP contribution in [0.25, 0.3) is 5.69 Å². The number of rotatable bonds is 7. The molecule has 172 valence electrons. The summed E-state index contributed by atoms with van der Waals surface area (Å²) < 4.78 is 7.86. The number of hydrogen-bond donors (Lipinski definition) is 2. The second-order valence-electron chi connectivity index (χ2n) is 7.18. The fourth-order valence-electron chi connectivity index (χ4n) is 3.22. The third-order valence-corrected chi connectivity index (χ3v) is 5.00. The summed E-state index contributed by atoms with van der Waals surface area (Å²) in [6.07, 6.45) is 0.496. The summed E-state index contributed by atoms with van der Waals surface area (Å²) in [5, 5.41) is 24.0. The number of benzene rings is 2. The van der Waals surface area contributed by atoms with Gasteiger partial charge in [0.05, 0.1) is 22.9 Å². The standard InChI is InChI=1S/C22H22N4O7/c1-4-10-33-22(30)16-11-14(12-17(19(16)27)26(31)32)20(28)23-18-13(2)24(3)25(21(18)29)15-8-6-5-7-9-15/h5-9,11-12,27H,4,10H2,1-3H3,(H,23,28). The average molecular weight is 454 g/mol. The van der Waals surface area contributed by atoms with Gasteiger partial charge in [-0.2, -0.15) is 0 Å². The Morgan fingerprint density at radius 3 is 2.48 bits per heavy atom. The minimum Gasteiger partial charge on any atom is -0.501 e. The molecule has 2 aromatic carbocycles.